The topological polar surface area (TPSA) is 40.6 Å². The van der Waals surface area contributed by atoms with Crippen LogP contribution < -0.4 is 9.80 Å². The maximum absolute atomic E-state index is 13.7. The molecule has 0 bridgehead atoms. The number of para-hydroxylation sites is 2. The van der Waals surface area contributed by atoms with Crippen LogP contribution in [0.15, 0.2) is 106 Å². The third-order valence-electron chi connectivity index (χ3n) is 6.01. The van der Waals surface area contributed by atoms with Crippen molar-refractivity contribution in [3.63, 3.8) is 0 Å². The van der Waals surface area contributed by atoms with Crippen molar-refractivity contribution in [1.82, 2.24) is 0 Å². The molecule has 0 saturated heterocycles. The highest BCUT2D eigenvalue weighted by atomic mass is 79.9. The molecule has 4 aromatic carbocycles. The molecule has 0 aliphatic heterocycles. The Kier molecular flexibility index (Phi) is 8.39. The molecule has 0 aliphatic rings. The van der Waals surface area contributed by atoms with Gasteiger partial charge < -0.3 is 9.80 Å². The monoisotopic (exact) mass is 604 g/mol. The molecule has 4 nitrogen and oxygen atoms in total. The molecule has 0 saturated carbocycles. The first-order chi connectivity index (χ1) is 17.3. The molecule has 0 radical (unpaired) electrons. The zero-order valence-electron chi connectivity index (χ0n) is 20.1. The maximum atomic E-state index is 13.7. The molecule has 36 heavy (non-hydrogen) atoms. The molecule has 0 atom stereocenters. The molecule has 182 valence electrons. The number of halogens is 2. The normalized spacial score (nSPS) is 10.7. The van der Waals surface area contributed by atoms with E-state index in [4.69, 9.17) is 0 Å². The summed E-state index contributed by atoms with van der Waals surface area (Å²) in [5.41, 5.74) is 4.83. The Morgan fingerprint density at radius 2 is 0.944 bits per heavy atom. The Morgan fingerprint density at radius 1 is 0.583 bits per heavy atom. The summed E-state index contributed by atoms with van der Waals surface area (Å²) in [5, 5.41) is 0. The van der Waals surface area contributed by atoms with E-state index < -0.39 is 0 Å². The molecular weight excluding hydrogens is 580 g/mol. The van der Waals surface area contributed by atoms with Crippen LogP contribution in [0.3, 0.4) is 0 Å². The first kappa shape index (κ1) is 25.9. The zero-order chi connectivity index (χ0) is 25.7. The van der Waals surface area contributed by atoms with E-state index in [1.54, 1.807) is 9.80 Å². The lowest BCUT2D eigenvalue weighted by Crippen LogP contribution is -2.41. The second-order valence-electron chi connectivity index (χ2n) is 8.51. The van der Waals surface area contributed by atoms with E-state index >= 15 is 0 Å². The van der Waals surface area contributed by atoms with Crippen LogP contribution in [0, 0.1) is 13.8 Å². The van der Waals surface area contributed by atoms with Crippen LogP contribution in [0.4, 0.5) is 11.4 Å². The standard InChI is InChI=1S/C30H26Br2N2O2/c1-21-13-15-23(19-27(21)31)29(35)33(25-9-5-3-6-10-25)17-18-34(26-11-7-4-8-12-26)30(36)24-16-14-22(2)28(32)20-24/h3-16,19-20H,17-18H2,1-2H3. The van der Waals surface area contributed by atoms with Gasteiger partial charge in [-0.15, -0.1) is 0 Å². The van der Waals surface area contributed by atoms with Crippen molar-refractivity contribution in [3.05, 3.63) is 128 Å². The quantitative estimate of drug-likeness (QED) is 0.215. The van der Waals surface area contributed by atoms with Crippen molar-refractivity contribution < 1.29 is 9.59 Å². The molecule has 0 unspecified atom stereocenters. The fourth-order valence-electron chi connectivity index (χ4n) is 3.88. The van der Waals surface area contributed by atoms with E-state index in [1.165, 1.54) is 0 Å². The Labute approximate surface area is 228 Å². The summed E-state index contributed by atoms with van der Waals surface area (Å²) in [6.07, 6.45) is 0. The first-order valence-electron chi connectivity index (χ1n) is 11.6. The minimum atomic E-state index is -0.125. The average molecular weight is 606 g/mol. The van der Waals surface area contributed by atoms with Gasteiger partial charge in [-0.2, -0.15) is 0 Å². The molecule has 6 heteroatoms. The minimum Gasteiger partial charge on any atom is -0.307 e. The second kappa shape index (κ2) is 11.7. The molecule has 2 amide bonds. The summed E-state index contributed by atoms with van der Waals surface area (Å²) >= 11 is 7.08. The molecule has 4 rings (SSSR count). The van der Waals surface area contributed by atoms with Gasteiger partial charge in [-0.3, -0.25) is 9.59 Å². The van der Waals surface area contributed by atoms with Crippen molar-refractivity contribution in [2.24, 2.45) is 0 Å². The van der Waals surface area contributed by atoms with Gasteiger partial charge in [0.1, 0.15) is 0 Å². The van der Waals surface area contributed by atoms with Crippen LogP contribution in [0.25, 0.3) is 0 Å². The number of carbonyl (C=O) groups is 2. The number of nitrogens with zero attached hydrogens (tertiary/aromatic N) is 2. The van der Waals surface area contributed by atoms with Crippen LogP contribution in [0.5, 0.6) is 0 Å². The summed E-state index contributed by atoms with van der Waals surface area (Å²) < 4.78 is 1.76. The van der Waals surface area contributed by atoms with Crippen LogP contribution in [0.1, 0.15) is 31.8 Å². The van der Waals surface area contributed by atoms with E-state index in [2.05, 4.69) is 31.9 Å². The minimum absolute atomic E-state index is 0.125. The fraction of sp³-hybridized carbons (Fsp3) is 0.133. The molecule has 0 fully saturated rings. The van der Waals surface area contributed by atoms with Crippen LogP contribution in [0.2, 0.25) is 0 Å². The van der Waals surface area contributed by atoms with Gasteiger partial charge in [0, 0.05) is 44.5 Å². The van der Waals surface area contributed by atoms with Crippen LogP contribution >= 0.6 is 31.9 Å². The molecule has 0 spiro atoms. The smallest absolute Gasteiger partial charge is 0.258 e. The number of rotatable bonds is 7. The molecule has 4 aromatic rings. The number of aryl methyl sites for hydroxylation is 2. The SMILES string of the molecule is Cc1ccc(C(=O)N(CCN(C(=O)c2ccc(C)c(Br)c2)c2ccccc2)c2ccccc2)cc1Br. The van der Waals surface area contributed by atoms with Gasteiger partial charge in [0.15, 0.2) is 0 Å². The van der Waals surface area contributed by atoms with E-state index in [0.29, 0.717) is 24.2 Å². The Morgan fingerprint density at radius 3 is 1.28 bits per heavy atom. The number of anilines is 2. The summed E-state index contributed by atoms with van der Waals surface area (Å²) in [6.45, 7) is 4.62. The lowest BCUT2D eigenvalue weighted by Gasteiger charge is -2.28. The van der Waals surface area contributed by atoms with Crippen molar-refractivity contribution in [2.75, 3.05) is 22.9 Å². The van der Waals surface area contributed by atoms with Gasteiger partial charge in [0.25, 0.3) is 11.8 Å². The Hall–Kier alpha value is -3.22. The molecular formula is C30H26Br2N2O2. The van der Waals surface area contributed by atoms with Crippen LogP contribution in [-0.4, -0.2) is 24.9 Å². The summed E-state index contributed by atoms with van der Waals surface area (Å²) in [5.74, 6) is -0.249. The highest BCUT2D eigenvalue weighted by Crippen LogP contribution is 2.24. The first-order valence-corrected chi connectivity index (χ1v) is 13.2. The Bertz CT molecular complexity index is 1270. The van der Waals surface area contributed by atoms with Gasteiger partial charge in [0.2, 0.25) is 0 Å². The maximum Gasteiger partial charge on any atom is 0.258 e. The predicted molar refractivity (Wildman–Crippen MR) is 154 cm³/mol. The van der Waals surface area contributed by atoms with Crippen molar-refractivity contribution >= 4 is 55.0 Å². The van der Waals surface area contributed by atoms with E-state index in [-0.39, 0.29) is 11.8 Å². The number of amides is 2. The zero-order valence-corrected chi connectivity index (χ0v) is 23.3. The average Bonchev–Trinajstić information content (AvgIpc) is 2.90. The van der Waals surface area contributed by atoms with Crippen LogP contribution in [-0.2, 0) is 0 Å². The van der Waals surface area contributed by atoms with Crippen molar-refractivity contribution in [2.45, 2.75) is 13.8 Å². The van der Waals surface area contributed by atoms with E-state index in [0.717, 1.165) is 31.4 Å². The third kappa shape index (κ3) is 5.94. The third-order valence-corrected chi connectivity index (χ3v) is 7.72. The number of hydrogen-bond donors (Lipinski definition) is 0. The van der Waals surface area contributed by atoms with E-state index in [1.807, 2.05) is 111 Å². The number of carbonyl (C=O) groups excluding carboxylic acids is 2. The summed E-state index contributed by atoms with van der Waals surface area (Å²) in [4.78, 5) is 30.8. The molecule has 0 aliphatic carbocycles. The largest absolute Gasteiger partial charge is 0.307 e. The lowest BCUT2D eigenvalue weighted by molar-refractivity contribution is 0.0968. The van der Waals surface area contributed by atoms with Gasteiger partial charge >= 0.3 is 0 Å². The van der Waals surface area contributed by atoms with Crippen molar-refractivity contribution in [3.8, 4) is 0 Å². The summed E-state index contributed by atoms with van der Waals surface area (Å²) in [6, 6.07) is 30.3. The Balaban J connectivity index is 1.67. The van der Waals surface area contributed by atoms with E-state index in [9.17, 15) is 9.59 Å². The van der Waals surface area contributed by atoms with Gasteiger partial charge in [0.05, 0.1) is 0 Å². The number of hydrogen-bond acceptors (Lipinski definition) is 2. The predicted octanol–water partition coefficient (Wildman–Crippen LogP) is 7.82. The van der Waals surface area contributed by atoms with Gasteiger partial charge in [-0.1, -0.05) is 80.4 Å². The highest BCUT2D eigenvalue weighted by Gasteiger charge is 2.23. The summed E-state index contributed by atoms with van der Waals surface area (Å²) in [7, 11) is 0. The highest BCUT2D eigenvalue weighted by molar-refractivity contribution is 9.10. The van der Waals surface area contributed by atoms with Crippen molar-refractivity contribution in [1.29, 1.82) is 0 Å². The second-order valence-corrected chi connectivity index (χ2v) is 10.2. The fourth-order valence-corrected chi connectivity index (χ4v) is 4.63. The lowest BCUT2D eigenvalue weighted by atomic mass is 10.1. The number of benzene rings is 4. The van der Waals surface area contributed by atoms with Gasteiger partial charge in [-0.25, -0.2) is 0 Å². The molecule has 0 N–H and O–H groups in total. The molecule has 0 heterocycles. The van der Waals surface area contributed by atoms with Gasteiger partial charge in [-0.05, 0) is 73.5 Å². The molecule has 0 aromatic heterocycles.